The van der Waals surface area contributed by atoms with Crippen LogP contribution in [0.2, 0.25) is 0 Å². The van der Waals surface area contributed by atoms with Gasteiger partial charge in [0, 0.05) is 61.1 Å². The first kappa shape index (κ1) is 30.6. The Morgan fingerprint density at radius 1 is 1.25 bits per heavy atom. The molecular weight excluding hydrogens is 539 g/mol. The average Bonchev–Trinajstić information content (AvgIpc) is 3.30. The van der Waals surface area contributed by atoms with Crippen LogP contribution in [-0.4, -0.2) is 69.9 Å². The Labute approximate surface area is 238 Å². The summed E-state index contributed by atoms with van der Waals surface area (Å²) in [6, 6.07) is 5.94. The van der Waals surface area contributed by atoms with E-state index in [1.807, 2.05) is 31.4 Å². The Kier molecular flexibility index (Phi) is 10.3. The number of alkyl halides is 3. The van der Waals surface area contributed by atoms with E-state index in [1.54, 1.807) is 4.68 Å². The Bertz CT molecular complexity index is 1200. The molecule has 0 atom stereocenters. The lowest BCUT2D eigenvalue weighted by atomic mass is 9.67. The molecule has 11 heteroatoms. The molecule has 4 rings (SSSR count). The highest BCUT2D eigenvalue weighted by atomic mass is 32.2. The molecule has 1 saturated carbocycles. The fourth-order valence-electron chi connectivity index (χ4n) is 5.70. The molecule has 0 unspecified atom stereocenters. The van der Waals surface area contributed by atoms with Gasteiger partial charge in [-0.05, 0) is 69.5 Å². The molecule has 2 aromatic rings. The van der Waals surface area contributed by atoms with E-state index < -0.39 is 12.8 Å². The quantitative estimate of drug-likeness (QED) is 0.381. The molecule has 220 valence electrons. The van der Waals surface area contributed by atoms with Crippen LogP contribution in [0.4, 0.5) is 13.2 Å². The number of nitrogens with zero attached hydrogens (tertiary/aromatic N) is 4. The molecule has 1 aliphatic heterocycles. The second-order valence-electron chi connectivity index (χ2n) is 11.2. The van der Waals surface area contributed by atoms with Gasteiger partial charge in [-0.25, -0.2) is 4.99 Å². The smallest absolute Gasteiger partial charge is 0.422 e. The highest BCUT2D eigenvalue weighted by Gasteiger charge is 2.35. The van der Waals surface area contributed by atoms with Crippen molar-refractivity contribution in [3.05, 3.63) is 42.2 Å². The number of ketones is 1. The Balaban J connectivity index is 1.36. The number of aromatic nitrogens is 2. The molecule has 0 bridgehead atoms. The zero-order valence-electron chi connectivity index (χ0n) is 23.2. The molecule has 2 N–H and O–H groups in total. The molecule has 0 amide bonds. The molecule has 0 saturated heterocycles. The molecule has 2 heterocycles. The van der Waals surface area contributed by atoms with Gasteiger partial charge in [-0.15, -0.1) is 0 Å². The number of carbonyl (C=O) groups is 1. The van der Waals surface area contributed by atoms with Gasteiger partial charge in [0.1, 0.15) is 0 Å². The van der Waals surface area contributed by atoms with Gasteiger partial charge in [-0.2, -0.15) is 18.3 Å². The number of Topliss-reactive ketones (excluding diaryl/α,β-unsaturated/α-hetero) is 1. The molecule has 0 radical (unpaired) electrons. The van der Waals surface area contributed by atoms with Crippen LogP contribution in [-0.2, 0) is 11.8 Å². The van der Waals surface area contributed by atoms with Crippen molar-refractivity contribution in [1.82, 2.24) is 14.7 Å². The van der Waals surface area contributed by atoms with Gasteiger partial charge >= 0.3 is 6.18 Å². The number of thioether (sulfide) groups is 1. The van der Waals surface area contributed by atoms with Crippen LogP contribution < -0.4 is 5.73 Å². The third-order valence-corrected chi connectivity index (χ3v) is 9.02. The lowest BCUT2D eigenvalue weighted by Gasteiger charge is -2.41. The minimum atomic E-state index is -4.40. The van der Waals surface area contributed by atoms with Crippen LogP contribution in [0.5, 0.6) is 0 Å². The average molecular weight is 580 g/mol. The summed E-state index contributed by atoms with van der Waals surface area (Å²) < 4.78 is 44.4. The van der Waals surface area contributed by atoms with Crippen molar-refractivity contribution >= 4 is 33.7 Å². The van der Waals surface area contributed by atoms with Crippen molar-refractivity contribution < 1.29 is 22.7 Å². The summed E-state index contributed by atoms with van der Waals surface area (Å²) in [5.41, 5.74) is 8.41. The molecule has 1 aromatic heterocycles. The number of nitrogens with two attached hydrogens (primary N) is 1. The highest BCUT2D eigenvalue weighted by Crippen LogP contribution is 2.43. The maximum absolute atomic E-state index is 13.4. The second kappa shape index (κ2) is 13.5. The summed E-state index contributed by atoms with van der Waals surface area (Å²) in [6.07, 6.45) is 5.15. The lowest BCUT2D eigenvalue weighted by Crippen LogP contribution is -2.38. The number of aliphatic imine (C=N–C) groups is 1. The normalized spacial score (nSPS) is 23.7. The molecule has 40 heavy (non-hydrogen) atoms. The first-order valence-corrected chi connectivity index (χ1v) is 15.0. The molecule has 1 aromatic carbocycles. The maximum Gasteiger partial charge on any atom is 0.422 e. The molecule has 0 spiro atoms. The first-order valence-electron chi connectivity index (χ1n) is 14.0. The van der Waals surface area contributed by atoms with E-state index >= 15 is 0 Å². The van der Waals surface area contributed by atoms with Crippen molar-refractivity contribution in [2.24, 2.45) is 23.2 Å². The number of rotatable bonds is 8. The van der Waals surface area contributed by atoms with Gasteiger partial charge in [-0.1, -0.05) is 30.5 Å². The van der Waals surface area contributed by atoms with Crippen LogP contribution >= 0.6 is 11.8 Å². The van der Waals surface area contributed by atoms with Crippen LogP contribution in [0.15, 0.2) is 41.7 Å². The van der Waals surface area contributed by atoms with E-state index in [1.165, 1.54) is 11.8 Å². The van der Waals surface area contributed by atoms with Gasteiger partial charge in [-0.3, -0.25) is 9.48 Å². The van der Waals surface area contributed by atoms with Gasteiger partial charge in [0.25, 0.3) is 5.23 Å². The van der Waals surface area contributed by atoms with Gasteiger partial charge in [0.05, 0.1) is 5.52 Å². The van der Waals surface area contributed by atoms with E-state index in [-0.39, 0.29) is 22.5 Å². The highest BCUT2D eigenvalue weighted by molar-refractivity contribution is 8.13. The lowest BCUT2D eigenvalue weighted by molar-refractivity contribution is -0.155. The summed E-state index contributed by atoms with van der Waals surface area (Å²) in [6.45, 7) is 5.06. The summed E-state index contributed by atoms with van der Waals surface area (Å²) in [5.74, 6) is 0.774. The van der Waals surface area contributed by atoms with E-state index in [9.17, 15) is 18.0 Å². The SMILES string of the molecule is C=C1CCN(CCC2(CCC(=O)c3cccc4nn(C)cc34)CCC(N)CC2)CCCSC(OCC(F)(F)F)=N1. The van der Waals surface area contributed by atoms with Crippen LogP contribution in [0.25, 0.3) is 10.9 Å². The summed E-state index contributed by atoms with van der Waals surface area (Å²) in [4.78, 5) is 20.0. The van der Waals surface area contributed by atoms with Crippen molar-refractivity contribution in [3.63, 3.8) is 0 Å². The first-order chi connectivity index (χ1) is 19.0. The number of hydrogen-bond acceptors (Lipinski definition) is 7. The van der Waals surface area contributed by atoms with Crippen molar-refractivity contribution in [1.29, 1.82) is 0 Å². The molecule has 7 nitrogen and oxygen atoms in total. The Hall–Kier alpha value is -2.37. The van der Waals surface area contributed by atoms with Gasteiger partial charge < -0.3 is 15.4 Å². The summed E-state index contributed by atoms with van der Waals surface area (Å²) >= 11 is 1.21. The number of benzene rings is 1. The second-order valence-corrected chi connectivity index (χ2v) is 12.2. The molecule has 1 aliphatic carbocycles. The Morgan fingerprint density at radius 2 is 2.02 bits per heavy atom. The number of hydrogen-bond donors (Lipinski definition) is 1. The van der Waals surface area contributed by atoms with Crippen molar-refractivity contribution in [2.75, 3.05) is 32.0 Å². The van der Waals surface area contributed by atoms with Gasteiger partial charge in [0.2, 0.25) is 0 Å². The van der Waals surface area contributed by atoms with Crippen molar-refractivity contribution in [3.8, 4) is 0 Å². The molecule has 2 aliphatic rings. The molecule has 1 fully saturated rings. The van der Waals surface area contributed by atoms with E-state index in [4.69, 9.17) is 10.5 Å². The van der Waals surface area contributed by atoms with Crippen LogP contribution in [0.1, 0.15) is 68.1 Å². The number of aryl methyl sites for hydroxylation is 1. The zero-order valence-corrected chi connectivity index (χ0v) is 24.0. The van der Waals surface area contributed by atoms with E-state index in [0.29, 0.717) is 24.3 Å². The van der Waals surface area contributed by atoms with Crippen LogP contribution in [0, 0.1) is 5.41 Å². The number of halogens is 3. The minimum absolute atomic E-state index is 0.0416. The Morgan fingerprint density at radius 3 is 2.77 bits per heavy atom. The summed E-state index contributed by atoms with van der Waals surface area (Å²) in [5, 5.41) is 5.38. The maximum atomic E-state index is 13.4. The number of fused-ring (bicyclic) bond motifs is 1. The van der Waals surface area contributed by atoms with Gasteiger partial charge in [0.15, 0.2) is 12.4 Å². The summed E-state index contributed by atoms with van der Waals surface area (Å²) in [7, 11) is 1.87. The monoisotopic (exact) mass is 579 g/mol. The third kappa shape index (κ3) is 8.81. The third-order valence-electron chi connectivity index (χ3n) is 8.07. The minimum Gasteiger partial charge on any atom is -0.463 e. The number of ether oxygens (including phenoxy) is 1. The standard InChI is InChI=1S/C29H40F3N5O2S/c1-21-10-16-37(15-4-18-40-27(34-21)39-20-29(30,31)32)17-14-28(11-7-22(33)8-12-28)13-9-26(38)23-5-3-6-25-24(23)19-36(2)35-25/h3,5-6,19,22H,1,4,7-18,20,33H2,2H3. The van der Waals surface area contributed by atoms with E-state index in [0.717, 1.165) is 81.0 Å². The van der Waals surface area contributed by atoms with Crippen LogP contribution in [0.3, 0.4) is 0 Å². The predicted octanol–water partition coefficient (Wildman–Crippen LogP) is 6.09. The fraction of sp³-hybridized carbons (Fsp3) is 0.621. The fourth-order valence-corrected chi connectivity index (χ4v) is 6.48. The molecular formula is C29H40F3N5O2S. The zero-order chi connectivity index (χ0) is 28.8. The largest absolute Gasteiger partial charge is 0.463 e. The topological polar surface area (TPSA) is 85.7 Å². The van der Waals surface area contributed by atoms with Crippen molar-refractivity contribution in [2.45, 2.75) is 70.0 Å². The van der Waals surface area contributed by atoms with E-state index in [2.05, 4.69) is 21.6 Å². The number of carbonyl (C=O) groups excluding carboxylic acids is 1. The predicted molar refractivity (Wildman–Crippen MR) is 154 cm³/mol.